The predicted octanol–water partition coefficient (Wildman–Crippen LogP) is 5.08. The van der Waals surface area contributed by atoms with Gasteiger partial charge in [-0.25, -0.2) is 9.97 Å². The third kappa shape index (κ3) is 4.41. The van der Waals surface area contributed by atoms with Crippen LogP contribution < -0.4 is 5.32 Å². The number of hydrogen-bond acceptors (Lipinski definition) is 6. The highest BCUT2D eigenvalue weighted by Gasteiger charge is 2.18. The summed E-state index contributed by atoms with van der Waals surface area (Å²) >= 11 is 0. The predicted molar refractivity (Wildman–Crippen MR) is 140 cm³/mol. The molecule has 9 nitrogen and oxygen atoms in total. The Bertz CT molecular complexity index is 1600. The van der Waals surface area contributed by atoms with Gasteiger partial charge < -0.3 is 10.3 Å². The lowest BCUT2D eigenvalue weighted by molar-refractivity contribution is -0.115. The summed E-state index contributed by atoms with van der Waals surface area (Å²) < 4.78 is 0. The average Bonchev–Trinajstić information content (AvgIpc) is 3.50. The molecule has 0 fully saturated rings. The van der Waals surface area contributed by atoms with Crippen molar-refractivity contribution in [2.24, 2.45) is 0 Å². The molecule has 0 aliphatic heterocycles. The number of anilines is 1. The molecule has 1 amide bonds. The van der Waals surface area contributed by atoms with Crippen LogP contribution >= 0.6 is 0 Å². The molecule has 0 aliphatic carbocycles. The molecule has 0 unspecified atom stereocenters. The number of aromatic nitrogens is 7. The van der Waals surface area contributed by atoms with Crippen LogP contribution in [0.4, 0.5) is 5.69 Å². The maximum absolute atomic E-state index is 11.8. The van der Waals surface area contributed by atoms with E-state index in [9.17, 15) is 4.79 Å². The van der Waals surface area contributed by atoms with Crippen LogP contribution in [-0.4, -0.2) is 41.0 Å². The van der Waals surface area contributed by atoms with Crippen molar-refractivity contribution >= 4 is 28.2 Å². The molecule has 0 saturated heterocycles. The number of carbonyl (C=O) groups excluding carboxylic acids is 1. The Hall–Kier alpha value is -4.92. The summed E-state index contributed by atoms with van der Waals surface area (Å²) in [6.07, 6.45) is 12.7. The van der Waals surface area contributed by atoms with Crippen LogP contribution in [0.15, 0.2) is 74.0 Å². The van der Waals surface area contributed by atoms with E-state index < -0.39 is 0 Å². The van der Waals surface area contributed by atoms with Crippen molar-refractivity contribution in [3.05, 3.63) is 90.9 Å². The standard InChI is InChI=1S/C27H24N8O/c1-4-6-21(17-7-9-28-10-8-17)24-16(3)31-27(33-24)25-22-12-19(14-30-26(22)35-34-25)18-11-20(15-29-13-18)32-23(36)5-2/h4,6-15H,1,5H2,2-3H3,(H,31,33)(H,32,36)(H,30,34,35)/b21-6-. The molecule has 5 heterocycles. The molecule has 9 heteroatoms. The van der Waals surface area contributed by atoms with Gasteiger partial charge >= 0.3 is 0 Å². The summed E-state index contributed by atoms with van der Waals surface area (Å²) in [5, 5.41) is 11.1. The lowest BCUT2D eigenvalue weighted by atomic mass is 10.0. The molecule has 0 aliphatic rings. The van der Waals surface area contributed by atoms with Crippen molar-refractivity contribution in [3.8, 4) is 22.6 Å². The van der Waals surface area contributed by atoms with Crippen LogP contribution in [0.5, 0.6) is 0 Å². The van der Waals surface area contributed by atoms with Gasteiger partial charge in [0.25, 0.3) is 0 Å². The number of allylic oxidation sites excluding steroid dienone is 2. The Morgan fingerprint density at radius 3 is 2.69 bits per heavy atom. The molecular weight excluding hydrogens is 452 g/mol. The molecule has 5 rings (SSSR count). The molecule has 178 valence electrons. The van der Waals surface area contributed by atoms with Gasteiger partial charge in [-0.15, -0.1) is 0 Å². The zero-order valence-electron chi connectivity index (χ0n) is 19.9. The Balaban J connectivity index is 1.55. The van der Waals surface area contributed by atoms with Crippen LogP contribution in [0.2, 0.25) is 0 Å². The molecule has 0 spiro atoms. The van der Waals surface area contributed by atoms with Gasteiger partial charge in [-0.3, -0.25) is 19.9 Å². The number of aromatic amines is 2. The van der Waals surface area contributed by atoms with Gasteiger partial charge in [0.05, 0.1) is 23.0 Å². The number of carbonyl (C=O) groups is 1. The van der Waals surface area contributed by atoms with Crippen LogP contribution in [0.1, 0.15) is 30.3 Å². The quantitative estimate of drug-likeness (QED) is 0.281. The van der Waals surface area contributed by atoms with Crippen molar-refractivity contribution in [3.63, 3.8) is 0 Å². The van der Waals surface area contributed by atoms with Crippen molar-refractivity contribution < 1.29 is 4.79 Å². The lowest BCUT2D eigenvalue weighted by Crippen LogP contribution is -2.09. The summed E-state index contributed by atoms with van der Waals surface area (Å²) in [4.78, 5) is 33.0. The normalized spacial score (nSPS) is 11.6. The third-order valence-corrected chi connectivity index (χ3v) is 5.74. The second-order valence-electron chi connectivity index (χ2n) is 8.17. The van der Waals surface area contributed by atoms with E-state index >= 15 is 0 Å². The number of imidazole rings is 1. The molecule has 0 saturated carbocycles. The smallest absolute Gasteiger partial charge is 0.224 e. The van der Waals surface area contributed by atoms with Gasteiger partial charge in [0, 0.05) is 53.6 Å². The Kier molecular flexibility index (Phi) is 6.19. The fraction of sp³-hybridized carbons (Fsp3) is 0.111. The van der Waals surface area contributed by atoms with Gasteiger partial charge in [0.15, 0.2) is 11.5 Å². The molecule has 0 atom stereocenters. The minimum atomic E-state index is -0.0692. The van der Waals surface area contributed by atoms with Crippen LogP contribution in [0.3, 0.4) is 0 Å². The minimum Gasteiger partial charge on any atom is -0.340 e. The maximum atomic E-state index is 11.8. The highest BCUT2D eigenvalue weighted by Crippen LogP contribution is 2.31. The number of nitrogens with one attached hydrogen (secondary N) is 3. The van der Waals surface area contributed by atoms with Gasteiger partial charge in [-0.05, 0) is 36.8 Å². The molecule has 5 aromatic heterocycles. The zero-order chi connectivity index (χ0) is 25.1. The minimum absolute atomic E-state index is 0.0692. The SMILES string of the molecule is C=C/C=C(/c1ccncc1)c1nc(-c2[nH]nc3ncc(-c4cncc(NC(=O)CC)c4)cc23)[nH]c1C. The molecule has 0 bridgehead atoms. The summed E-state index contributed by atoms with van der Waals surface area (Å²) in [5.74, 6) is 0.579. The summed E-state index contributed by atoms with van der Waals surface area (Å²) in [6, 6.07) is 7.75. The molecule has 36 heavy (non-hydrogen) atoms. The summed E-state index contributed by atoms with van der Waals surface area (Å²) in [5.41, 5.74) is 7.26. The van der Waals surface area contributed by atoms with Gasteiger partial charge in [-0.2, -0.15) is 5.10 Å². The van der Waals surface area contributed by atoms with Crippen molar-refractivity contribution in [1.82, 2.24) is 35.1 Å². The molecule has 0 radical (unpaired) electrons. The summed E-state index contributed by atoms with van der Waals surface area (Å²) in [7, 11) is 0. The van der Waals surface area contributed by atoms with E-state index in [1.807, 2.05) is 37.3 Å². The first kappa shape index (κ1) is 22.9. The first-order valence-corrected chi connectivity index (χ1v) is 11.5. The fourth-order valence-electron chi connectivity index (χ4n) is 3.96. The Morgan fingerprint density at radius 2 is 1.92 bits per heavy atom. The molecule has 3 N–H and O–H groups in total. The van der Waals surface area contributed by atoms with E-state index in [1.54, 1.807) is 44.0 Å². The van der Waals surface area contributed by atoms with Gasteiger partial charge in [-0.1, -0.05) is 25.7 Å². The largest absolute Gasteiger partial charge is 0.340 e. The van der Waals surface area contributed by atoms with Crippen LogP contribution in [0.25, 0.3) is 39.3 Å². The van der Waals surface area contributed by atoms with Crippen molar-refractivity contribution in [2.45, 2.75) is 20.3 Å². The zero-order valence-corrected chi connectivity index (χ0v) is 19.9. The average molecular weight is 477 g/mol. The van der Waals surface area contributed by atoms with Gasteiger partial charge in [0.1, 0.15) is 5.69 Å². The number of rotatable bonds is 7. The number of nitrogens with zero attached hydrogens (tertiary/aromatic N) is 5. The number of amides is 1. The van der Waals surface area contributed by atoms with E-state index in [4.69, 9.17) is 4.98 Å². The van der Waals surface area contributed by atoms with Crippen LogP contribution in [-0.2, 0) is 4.79 Å². The highest BCUT2D eigenvalue weighted by atomic mass is 16.1. The molecular formula is C27H24N8O. The molecule has 0 aromatic carbocycles. The number of fused-ring (bicyclic) bond motifs is 1. The fourth-order valence-corrected chi connectivity index (χ4v) is 3.96. The second kappa shape index (κ2) is 9.75. The summed E-state index contributed by atoms with van der Waals surface area (Å²) in [6.45, 7) is 7.65. The first-order valence-electron chi connectivity index (χ1n) is 11.5. The van der Waals surface area contributed by atoms with Crippen molar-refractivity contribution in [2.75, 3.05) is 5.32 Å². The number of aryl methyl sites for hydroxylation is 1. The Morgan fingerprint density at radius 1 is 1.11 bits per heavy atom. The van der Waals surface area contributed by atoms with E-state index in [-0.39, 0.29) is 5.91 Å². The maximum Gasteiger partial charge on any atom is 0.224 e. The number of H-pyrrole nitrogens is 2. The van der Waals surface area contributed by atoms with Gasteiger partial charge in [0.2, 0.25) is 5.91 Å². The van der Waals surface area contributed by atoms with E-state index in [0.717, 1.165) is 44.7 Å². The monoisotopic (exact) mass is 476 g/mol. The second-order valence-corrected chi connectivity index (χ2v) is 8.17. The van der Waals surface area contributed by atoms with Crippen LogP contribution in [0, 0.1) is 6.92 Å². The first-order chi connectivity index (χ1) is 17.6. The highest BCUT2D eigenvalue weighted by molar-refractivity contribution is 5.94. The Labute approximate surface area is 207 Å². The van der Waals surface area contributed by atoms with E-state index in [2.05, 4.69) is 42.0 Å². The number of pyridine rings is 3. The van der Waals surface area contributed by atoms with Crippen molar-refractivity contribution in [1.29, 1.82) is 0 Å². The lowest BCUT2D eigenvalue weighted by Gasteiger charge is -2.06. The topological polar surface area (TPSA) is 125 Å². The van der Waals surface area contributed by atoms with E-state index in [1.165, 1.54) is 0 Å². The molecule has 5 aromatic rings. The number of hydrogen-bond donors (Lipinski definition) is 3. The third-order valence-electron chi connectivity index (χ3n) is 5.74. The van der Waals surface area contributed by atoms with E-state index in [0.29, 0.717) is 23.6 Å².